The third-order valence-corrected chi connectivity index (χ3v) is 5.04. The van der Waals surface area contributed by atoms with Gasteiger partial charge in [0.05, 0.1) is 21.9 Å². The fourth-order valence-electron chi connectivity index (χ4n) is 3.50. The summed E-state index contributed by atoms with van der Waals surface area (Å²) < 4.78 is 3.31. The molecule has 0 amide bonds. The van der Waals surface area contributed by atoms with Crippen LogP contribution in [0, 0.1) is 0 Å². The molecule has 6 nitrogen and oxygen atoms in total. The Labute approximate surface area is 178 Å². The second kappa shape index (κ2) is 7.76. The molecule has 0 spiro atoms. The summed E-state index contributed by atoms with van der Waals surface area (Å²) in [5, 5.41) is 8.90. The summed E-state index contributed by atoms with van der Waals surface area (Å²) in [4.78, 5) is 17.2. The van der Waals surface area contributed by atoms with Gasteiger partial charge in [0, 0.05) is 29.7 Å². The molecule has 0 saturated heterocycles. The van der Waals surface area contributed by atoms with Crippen molar-refractivity contribution in [2.24, 2.45) is 0 Å². The minimum atomic E-state index is -0.163. The highest BCUT2D eigenvalue weighted by atomic mass is 16.1. The first kappa shape index (κ1) is 18.6. The van der Waals surface area contributed by atoms with Gasteiger partial charge in [0.25, 0.3) is 5.56 Å². The smallest absolute Gasteiger partial charge is 0.279 e. The van der Waals surface area contributed by atoms with E-state index in [4.69, 9.17) is 5.10 Å². The van der Waals surface area contributed by atoms with E-state index in [1.165, 1.54) is 4.68 Å². The SMILES string of the molecule is C=c1[nH]n(-c2ccccc2)c(=O)/c1=C\c1cn(-c2ccccc2)nc1-c1ccncc1. The van der Waals surface area contributed by atoms with E-state index in [2.05, 4.69) is 16.7 Å². The summed E-state index contributed by atoms with van der Waals surface area (Å²) >= 11 is 0. The van der Waals surface area contributed by atoms with Crippen molar-refractivity contribution < 1.29 is 0 Å². The first-order valence-electron chi connectivity index (χ1n) is 9.83. The normalized spacial score (nSPS) is 11.7. The molecule has 0 aliphatic rings. The van der Waals surface area contributed by atoms with E-state index in [-0.39, 0.29) is 5.56 Å². The average molecular weight is 405 g/mol. The summed E-state index contributed by atoms with van der Waals surface area (Å²) in [6.45, 7) is 4.05. The number of para-hydroxylation sites is 2. The molecule has 0 aliphatic heterocycles. The molecule has 0 fully saturated rings. The van der Waals surface area contributed by atoms with Gasteiger partial charge in [0.15, 0.2) is 0 Å². The number of hydrogen-bond acceptors (Lipinski definition) is 3. The van der Waals surface area contributed by atoms with Crippen molar-refractivity contribution in [3.8, 4) is 22.6 Å². The minimum absolute atomic E-state index is 0.163. The fourth-order valence-corrected chi connectivity index (χ4v) is 3.50. The summed E-state index contributed by atoms with van der Waals surface area (Å²) in [6, 6.07) is 23.1. The molecule has 0 bridgehead atoms. The van der Waals surface area contributed by atoms with Crippen LogP contribution >= 0.6 is 0 Å². The largest absolute Gasteiger partial charge is 0.291 e. The van der Waals surface area contributed by atoms with E-state index < -0.39 is 0 Å². The third kappa shape index (κ3) is 3.51. The molecule has 3 heterocycles. The lowest BCUT2D eigenvalue weighted by atomic mass is 10.1. The van der Waals surface area contributed by atoms with Crippen molar-refractivity contribution in [3.63, 3.8) is 0 Å². The maximum Gasteiger partial charge on any atom is 0.279 e. The number of aromatic amines is 1. The van der Waals surface area contributed by atoms with Gasteiger partial charge in [-0.2, -0.15) is 5.10 Å². The highest BCUT2D eigenvalue weighted by Gasteiger charge is 2.12. The number of benzene rings is 2. The molecule has 0 saturated carbocycles. The second-order valence-electron chi connectivity index (χ2n) is 7.07. The Kier molecular flexibility index (Phi) is 4.65. The molecule has 0 aliphatic carbocycles. The monoisotopic (exact) mass is 405 g/mol. The molecule has 31 heavy (non-hydrogen) atoms. The molecule has 0 radical (unpaired) electrons. The van der Waals surface area contributed by atoms with Crippen LogP contribution < -0.4 is 16.1 Å². The zero-order valence-corrected chi connectivity index (χ0v) is 16.6. The van der Waals surface area contributed by atoms with E-state index >= 15 is 0 Å². The van der Waals surface area contributed by atoms with Crippen molar-refractivity contribution in [1.29, 1.82) is 0 Å². The minimum Gasteiger partial charge on any atom is -0.291 e. The van der Waals surface area contributed by atoms with Crippen LogP contribution in [0.15, 0.2) is 96.2 Å². The first-order chi connectivity index (χ1) is 15.2. The number of H-pyrrole nitrogens is 1. The van der Waals surface area contributed by atoms with Gasteiger partial charge in [0.2, 0.25) is 0 Å². The predicted molar refractivity (Wildman–Crippen MR) is 122 cm³/mol. The van der Waals surface area contributed by atoms with Crippen molar-refractivity contribution in [3.05, 3.63) is 118 Å². The third-order valence-electron chi connectivity index (χ3n) is 5.04. The van der Waals surface area contributed by atoms with Gasteiger partial charge in [-0.1, -0.05) is 43.0 Å². The van der Waals surface area contributed by atoms with Crippen LogP contribution in [0.5, 0.6) is 0 Å². The zero-order chi connectivity index (χ0) is 21.2. The Hall–Kier alpha value is -4.45. The summed E-state index contributed by atoms with van der Waals surface area (Å²) in [6.07, 6.45) is 7.21. The number of nitrogens with one attached hydrogen (secondary N) is 1. The molecule has 3 aromatic heterocycles. The van der Waals surface area contributed by atoms with Crippen molar-refractivity contribution >= 4 is 12.7 Å². The van der Waals surface area contributed by atoms with Crippen molar-refractivity contribution in [1.82, 2.24) is 24.5 Å². The Morgan fingerprint density at radius 3 is 2.19 bits per heavy atom. The zero-order valence-electron chi connectivity index (χ0n) is 16.6. The molecule has 5 rings (SSSR count). The number of hydrogen-bond donors (Lipinski definition) is 1. The van der Waals surface area contributed by atoms with Gasteiger partial charge in [-0.05, 0) is 42.5 Å². The fraction of sp³-hybridized carbons (Fsp3) is 0. The Morgan fingerprint density at radius 1 is 0.871 bits per heavy atom. The van der Waals surface area contributed by atoms with E-state index in [9.17, 15) is 4.79 Å². The molecule has 0 unspecified atom stereocenters. The van der Waals surface area contributed by atoms with Gasteiger partial charge < -0.3 is 0 Å². The maximum absolute atomic E-state index is 13.1. The molecule has 0 atom stereocenters. The van der Waals surface area contributed by atoms with Crippen LogP contribution in [0.4, 0.5) is 0 Å². The number of aromatic nitrogens is 5. The van der Waals surface area contributed by atoms with Crippen LogP contribution in [0.1, 0.15) is 5.56 Å². The summed E-state index contributed by atoms with van der Waals surface area (Å²) in [5.41, 5.74) is 4.02. The van der Waals surface area contributed by atoms with Gasteiger partial charge in [-0.25, -0.2) is 9.36 Å². The van der Waals surface area contributed by atoms with E-state index in [0.717, 1.165) is 28.2 Å². The Morgan fingerprint density at radius 2 is 1.52 bits per heavy atom. The second-order valence-corrected chi connectivity index (χ2v) is 7.07. The van der Waals surface area contributed by atoms with Crippen LogP contribution in [0.3, 0.4) is 0 Å². The van der Waals surface area contributed by atoms with Gasteiger partial charge >= 0.3 is 0 Å². The van der Waals surface area contributed by atoms with E-state index in [1.54, 1.807) is 12.4 Å². The van der Waals surface area contributed by atoms with Crippen LogP contribution in [-0.2, 0) is 0 Å². The summed E-state index contributed by atoms with van der Waals surface area (Å²) in [5.74, 6) is 0. The van der Waals surface area contributed by atoms with Crippen LogP contribution in [0.25, 0.3) is 35.3 Å². The molecule has 150 valence electrons. The first-order valence-corrected chi connectivity index (χ1v) is 9.83. The van der Waals surface area contributed by atoms with Gasteiger partial charge in [-0.15, -0.1) is 0 Å². The van der Waals surface area contributed by atoms with Gasteiger partial charge in [0.1, 0.15) is 5.69 Å². The molecular weight excluding hydrogens is 386 g/mol. The van der Waals surface area contributed by atoms with Crippen LogP contribution in [-0.4, -0.2) is 24.5 Å². The lowest BCUT2D eigenvalue weighted by Gasteiger charge is -2.00. The average Bonchev–Trinajstić information content (AvgIpc) is 3.37. The van der Waals surface area contributed by atoms with Crippen LogP contribution in [0.2, 0.25) is 0 Å². The topological polar surface area (TPSA) is 68.5 Å². The highest BCUT2D eigenvalue weighted by molar-refractivity contribution is 5.71. The lowest BCUT2D eigenvalue weighted by molar-refractivity contribution is 0.838. The summed E-state index contributed by atoms with van der Waals surface area (Å²) in [7, 11) is 0. The predicted octanol–water partition coefficient (Wildman–Crippen LogP) is 2.65. The number of pyridine rings is 1. The molecule has 5 aromatic rings. The number of nitrogens with zero attached hydrogens (tertiary/aromatic N) is 4. The Bertz CT molecular complexity index is 1500. The Balaban J connectivity index is 1.72. The molecular formula is C25H19N5O. The molecule has 1 N–H and O–H groups in total. The van der Waals surface area contributed by atoms with E-state index in [0.29, 0.717) is 10.6 Å². The number of rotatable bonds is 4. The highest BCUT2D eigenvalue weighted by Crippen LogP contribution is 2.23. The van der Waals surface area contributed by atoms with Gasteiger partial charge in [-0.3, -0.25) is 14.9 Å². The lowest BCUT2D eigenvalue weighted by Crippen LogP contribution is -2.33. The molecule has 2 aromatic carbocycles. The standard InChI is InChI=1S/C25H19N5O/c1-18-23(25(31)30(27-18)22-10-6-3-7-11-22)16-20-17-29(21-8-4-2-5-9-21)28-24(20)19-12-14-26-15-13-19/h2-17,27H,1H2/b23-16-. The van der Waals surface area contributed by atoms with Crippen molar-refractivity contribution in [2.45, 2.75) is 0 Å². The molecule has 6 heteroatoms. The van der Waals surface area contributed by atoms with Crippen molar-refractivity contribution in [2.75, 3.05) is 0 Å². The van der Waals surface area contributed by atoms with E-state index in [1.807, 2.05) is 89.8 Å². The quantitative estimate of drug-likeness (QED) is 0.500. The maximum atomic E-state index is 13.1.